The van der Waals surface area contributed by atoms with Crippen molar-refractivity contribution in [2.45, 2.75) is 27.2 Å². The normalized spacial score (nSPS) is 19.5. The SMILES string of the molecule is Cc1nc(N2CCC(C)(C)C2)cc(=O)[nH]1. The molecule has 1 fully saturated rings. The van der Waals surface area contributed by atoms with Gasteiger partial charge in [0.2, 0.25) is 0 Å². The van der Waals surface area contributed by atoms with Gasteiger partial charge in [0, 0.05) is 19.2 Å². The van der Waals surface area contributed by atoms with Gasteiger partial charge in [0.05, 0.1) is 0 Å². The van der Waals surface area contributed by atoms with E-state index in [0.29, 0.717) is 11.2 Å². The van der Waals surface area contributed by atoms with E-state index in [2.05, 4.69) is 28.7 Å². The van der Waals surface area contributed by atoms with Gasteiger partial charge in [-0.15, -0.1) is 0 Å². The molecule has 0 aliphatic carbocycles. The Labute approximate surface area is 89.3 Å². The molecule has 0 aromatic carbocycles. The molecule has 0 unspecified atom stereocenters. The molecule has 0 saturated carbocycles. The lowest BCUT2D eigenvalue weighted by molar-refractivity contribution is 0.418. The number of H-pyrrole nitrogens is 1. The maximum Gasteiger partial charge on any atom is 0.252 e. The second-order valence-electron chi connectivity index (χ2n) is 5.02. The van der Waals surface area contributed by atoms with Crippen molar-refractivity contribution in [3.8, 4) is 0 Å². The molecule has 4 heteroatoms. The summed E-state index contributed by atoms with van der Waals surface area (Å²) in [6.45, 7) is 8.26. The average molecular weight is 207 g/mol. The molecular weight excluding hydrogens is 190 g/mol. The standard InChI is InChI=1S/C11H17N3O/c1-8-12-9(6-10(15)13-8)14-5-4-11(2,3)7-14/h6H,4-5,7H2,1-3H3,(H,12,13,15). The Balaban J connectivity index is 2.28. The number of aromatic nitrogens is 2. The highest BCUT2D eigenvalue weighted by atomic mass is 16.1. The van der Waals surface area contributed by atoms with E-state index in [1.807, 2.05) is 6.92 Å². The minimum atomic E-state index is -0.0674. The number of hydrogen-bond acceptors (Lipinski definition) is 3. The van der Waals surface area contributed by atoms with Crippen molar-refractivity contribution in [1.29, 1.82) is 0 Å². The molecule has 0 atom stereocenters. The summed E-state index contributed by atoms with van der Waals surface area (Å²) < 4.78 is 0. The monoisotopic (exact) mass is 207 g/mol. The van der Waals surface area contributed by atoms with Gasteiger partial charge in [0.1, 0.15) is 11.6 Å². The minimum absolute atomic E-state index is 0.0674. The van der Waals surface area contributed by atoms with Crippen LogP contribution in [-0.2, 0) is 0 Å². The first-order valence-corrected chi connectivity index (χ1v) is 5.29. The van der Waals surface area contributed by atoms with E-state index in [1.54, 1.807) is 6.07 Å². The average Bonchev–Trinajstić information content (AvgIpc) is 2.44. The van der Waals surface area contributed by atoms with Crippen LogP contribution in [0.15, 0.2) is 10.9 Å². The van der Waals surface area contributed by atoms with Crippen molar-refractivity contribution < 1.29 is 0 Å². The Hall–Kier alpha value is -1.32. The van der Waals surface area contributed by atoms with Gasteiger partial charge in [0.15, 0.2) is 0 Å². The summed E-state index contributed by atoms with van der Waals surface area (Å²) in [6.07, 6.45) is 1.15. The number of nitrogens with zero attached hydrogens (tertiary/aromatic N) is 2. The van der Waals surface area contributed by atoms with Crippen molar-refractivity contribution in [1.82, 2.24) is 9.97 Å². The lowest BCUT2D eigenvalue weighted by Gasteiger charge is -2.20. The van der Waals surface area contributed by atoms with Crippen molar-refractivity contribution in [3.05, 3.63) is 22.2 Å². The predicted octanol–water partition coefficient (Wildman–Crippen LogP) is 1.31. The second kappa shape index (κ2) is 3.36. The highest BCUT2D eigenvalue weighted by molar-refractivity contribution is 5.39. The van der Waals surface area contributed by atoms with Crippen molar-refractivity contribution in [2.24, 2.45) is 5.41 Å². The van der Waals surface area contributed by atoms with E-state index in [0.717, 1.165) is 25.3 Å². The van der Waals surface area contributed by atoms with E-state index < -0.39 is 0 Å². The quantitative estimate of drug-likeness (QED) is 0.755. The summed E-state index contributed by atoms with van der Waals surface area (Å²) in [4.78, 5) is 20.5. The zero-order chi connectivity index (χ0) is 11.1. The summed E-state index contributed by atoms with van der Waals surface area (Å²) in [6, 6.07) is 1.58. The summed E-state index contributed by atoms with van der Waals surface area (Å²) in [5.41, 5.74) is 0.264. The third-order valence-electron chi connectivity index (χ3n) is 2.85. The topological polar surface area (TPSA) is 49.0 Å². The highest BCUT2D eigenvalue weighted by Crippen LogP contribution is 2.30. The van der Waals surface area contributed by atoms with Crippen LogP contribution in [0.4, 0.5) is 5.82 Å². The van der Waals surface area contributed by atoms with Crippen LogP contribution < -0.4 is 10.5 Å². The number of aromatic amines is 1. The third kappa shape index (κ3) is 2.19. The van der Waals surface area contributed by atoms with Gasteiger partial charge < -0.3 is 9.88 Å². The molecule has 82 valence electrons. The molecule has 1 aliphatic heterocycles. The number of hydrogen-bond donors (Lipinski definition) is 1. The molecule has 0 radical (unpaired) electrons. The van der Waals surface area contributed by atoms with Gasteiger partial charge in [0.25, 0.3) is 5.56 Å². The van der Waals surface area contributed by atoms with Gasteiger partial charge >= 0.3 is 0 Å². The first-order valence-electron chi connectivity index (χ1n) is 5.29. The van der Waals surface area contributed by atoms with Crippen LogP contribution in [-0.4, -0.2) is 23.1 Å². The molecule has 1 aromatic rings. The smallest absolute Gasteiger partial charge is 0.252 e. The number of aryl methyl sites for hydroxylation is 1. The Morgan fingerprint density at radius 2 is 2.27 bits per heavy atom. The Bertz CT molecular complexity index is 422. The van der Waals surface area contributed by atoms with Crippen molar-refractivity contribution in [3.63, 3.8) is 0 Å². The molecule has 0 spiro atoms. The molecule has 4 nitrogen and oxygen atoms in total. The van der Waals surface area contributed by atoms with E-state index >= 15 is 0 Å². The van der Waals surface area contributed by atoms with E-state index in [9.17, 15) is 4.79 Å². The van der Waals surface area contributed by atoms with E-state index in [-0.39, 0.29) is 5.56 Å². The van der Waals surface area contributed by atoms with Gasteiger partial charge in [-0.3, -0.25) is 4.79 Å². The molecule has 2 heterocycles. The zero-order valence-corrected chi connectivity index (χ0v) is 9.50. The van der Waals surface area contributed by atoms with Crippen molar-refractivity contribution >= 4 is 5.82 Å². The molecular formula is C11H17N3O. The lowest BCUT2D eigenvalue weighted by atomic mass is 9.93. The molecule has 15 heavy (non-hydrogen) atoms. The lowest BCUT2D eigenvalue weighted by Crippen LogP contribution is -2.25. The van der Waals surface area contributed by atoms with Gasteiger partial charge in [-0.05, 0) is 18.8 Å². The van der Waals surface area contributed by atoms with Crippen LogP contribution >= 0.6 is 0 Å². The number of rotatable bonds is 1. The number of nitrogens with one attached hydrogen (secondary N) is 1. The Morgan fingerprint density at radius 3 is 2.80 bits per heavy atom. The number of anilines is 1. The van der Waals surface area contributed by atoms with Crippen LogP contribution in [0.5, 0.6) is 0 Å². The summed E-state index contributed by atoms with van der Waals surface area (Å²) in [5, 5.41) is 0. The third-order valence-corrected chi connectivity index (χ3v) is 2.85. The fraction of sp³-hybridized carbons (Fsp3) is 0.636. The molecule has 1 aromatic heterocycles. The molecule has 1 aliphatic rings. The van der Waals surface area contributed by atoms with Crippen LogP contribution in [0.2, 0.25) is 0 Å². The molecule has 0 amide bonds. The fourth-order valence-corrected chi connectivity index (χ4v) is 2.03. The van der Waals surface area contributed by atoms with Crippen LogP contribution in [0.3, 0.4) is 0 Å². The summed E-state index contributed by atoms with van der Waals surface area (Å²) >= 11 is 0. The van der Waals surface area contributed by atoms with Gasteiger partial charge in [-0.25, -0.2) is 4.98 Å². The fourth-order valence-electron chi connectivity index (χ4n) is 2.03. The Morgan fingerprint density at radius 1 is 1.53 bits per heavy atom. The zero-order valence-electron chi connectivity index (χ0n) is 9.50. The van der Waals surface area contributed by atoms with E-state index in [4.69, 9.17) is 0 Å². The molecule has 1 saturated heterocycles. The maximum atomic E-state index is 11.3. The van der Waals surface area contributed by atoms with Gasteiger partial charge in [-0.1, -0.05) is 13.8 Å². The predicted molar refractivity (Wildman–Crippen MR) is 60.2 cm³/mol. The molecule has 1 N–H and O–H groups in total. The molecule has 2 rings (SSSR count). The van der Waals surface area contributed by atoms with Gasteiger partial charge in [-0.2, -0.15) is 0 Å². The Kier molecular flexibility index (Phi) is 2.29. The minimum Gasteiger partial charge on any atom is -0.356 e. The second-order valence-corrected chi connectivity index (χ2v) is 5.02. The van der Waals surface area contributed by atoms with Crippen molar-refractivity contribution in [2.75, 3.05) is 18.0 Å². The summed E-state index contributed by atoms with van der Waals surface area (Å²) in [7, 11) is 0. The molecule has 0 bridgehead atoms. The van der Waals surface area contributed by atoms with Crippen LogP contribution in [0.1, 0.15) is 26.1 Å². The highest BCUT2D eigenvalue weighted by Gasteiger charge is 2.29. The van der Waals surface area contributed by atoms with Crippen LogP contribution in [0, 0.1) is 12.3 Å². The largest absolute Gasteiger partial charge is 0.356 e. The maximum absolute atomic E-state index is 11.3. The first-order chi connectivity index (χ1) is 6.96. The van der Waals surface area contributed by atoms with E-state index in [1.165, 1.54) is 0 Å². The first kappa shape index (κ1) is 10.2. The summed E-state index contributed by atoms with van der Waals surface area (Å²) in [5.74, 6) is 1.49. The van der Waals surface area contributed by atoms with Crippen LogP contribution in [0.25, 0.3) is 0 Å².